The Morgan fingerprint density at radius 2 is 0.714 bits per heavy atom. The molecule has 0 aliphatic carbocycles. The first-order valence-corrected chi connectivity index (χ1v) is 21.4. The summed E-state index contributed by atoms with van der Waals surface area (Å²) in [5.74, 6) is -0.0484. The van der Waals surface area contributed by atoms with Gasteiger partial charge in [0.15, 0.2) is 6.10 Å². The highest BCUT2D eigenvalue weighted by molar-refractivity contribution is 5.71. The number of carbonyl (C=O) groups excluding carboxylic acids is 3. The Bertz CT molecular complexity index is 738. The van der Waals surface area contributed by atoms with Crippen LogP contribution in [0.2, 0.25) is 0 Å². The monoisotopic (exact) mass is 695 g/mol. The molecule has 6 heteroatoms. The lowest BCUT2D eigenvalue weighted by atomic mass is 10.00. The van der Waals surface area contributed by atoms with Crippen LogP contribution in [0.15, 0.2) is 0 Å². The fourth-order valence-corrected chi connectivity index (χ4v) is 6.24. The molecule has 0 aromatic carbocycles. The van der Waals surface area contributed by atoms with Gasteiger partial charge in [-0.05, 0) is 25.2 Å². The maximum absolute atomic E-state index is 12.6. The Hall–Kier alpha value is -1.59. The predicted molar refractivity (Wildman–Crippen MR) is 206 cm³/mol. The largest absolute Gasteiger partial charge is 0.462 e. The number of esters is 3. The van der Waals surface area contributed by atoms with Crippen molar-refractivity contribution in [3.63, 3.8) is 0 Å². The van der Waals surface area contributed by atoms with Gasteiger partial charge < -0.3 is 14.2 Å². The average molecular weight is 695 g/mol. The second kappa shape index (κ2) is 37.7. The van der Waals surface area contributed by atoms with Gasteiger partial charge in [0.25, 0.3) is 0 Å². The van der Waals surface area contributed by atoms with Gasteiger partial charge in [0.2, 0.25) is 0 Å². The highest BCUT2D eigenvalue weighted by Gasteiger charge is 2.19. The summed E-state index contributed by atoms with van der Waals surface area (Å²) in [4.78, 5) is 37.5. The first-order valence-electron chi connectivity index (χ1n) is 21.4. The van der Waals surface area contributed by atoms with Crippen molar-refractivity contribution in [3.8, 4) is 0 Å². The van der Waals surface area contributed by atoms with Crippen LogP contribution in [-0.2, 0) is 28.6 Å². The summed E-state index contributed by atoms with van der Waals surface area (Å²) in [5.41, 5.74) is 0. The van der Waals surface area contributed by atoms with Crippen LogP contribution in [0.3, 0.4) is 0 Å². The molecule has 0 N–H and O–H groups in total. The molecule has 0 aromatic rings. The molecule has 0 bridgehead atoms. The highest BCUT2D eigenvalue weighted by atomic mass is 16.6. The molecule has 0 saturated heterocycles. The molecule has 0 amide bonds. The van der Waals surface area contributed by atoms with Gasteiger partial charge >= 0.3 is 17.9 Å². The minimum atomic E-state index is -0.758. The van der Waals surface area contributed by atoms with Crippen molar-refractivity contribution in [2.75, 3.05) is 13.2 Å². The molecule has 6 nitrogen and oxygen atoms in total. The van der Waals surface area contributed by atoms with Crippen molar-refractivity contribution in [1.82, 2.24) is 0 Å². The molecule has 0 saturated carbocycles. The van der Waals surface area contributed by atoms with E-state index >= 15 is 0 Å². The third-order valence-electron chi connectivity index (χ3n) is 9.90. The van der Waals surface area contributed by atoms with Gasteiger partial charge in [0, 0.05) is 19.3 Å². The van der Waals surface area contributed by atoms with Gasteiger partial charge in [-0.15, -0.1) is 0 Å². The topological polar surface area (TPSA) is 78.9 Å². The van der Waals surface area contributed by atoms with E-state index in [0.29, 0.717) is 19.3 Å². The lowest BCUT2D eigenvalue weighted by Crippen LogP contribution is -2.30. The van der Waals surface area contributed by atoms with Crippen LogP contribution < -0.4 is 0 Å². The van der Waals surface area contributed by atoms with Gasteiger partial charge in [-0.3, -0.25) is 14.4 Å². The predicted octanol–water partition coefficient (Wildman–Crippen LogP) is 13.2. The number of carbonyl (C=O) groups is 3. The maximum atomic E-state index is 12.6. The summed E-state index contributed by atoms with van der Waals surface area (Å²) in [6.45, 7) is 8.93. The highest BCUT2D eigenvalue weighted by Crippen LogP contribution is 2.16. The zero-order valence-electron chi connectivity index (χ0n) is 33.1. The van der Waals surface area contributed by atoms with E-state index in [2.05, 4.69) is 27.7 Å². The number of hydrogen-bond donors (Lipinski definition) is 0. The Morgan fingerprint density at radius 1 is 0.408 bits per heavy atom. The zero-order valence-corrected chi connectivity index (χ0v) is 33.1. The van der Waals surface area contributed by atoms with E-state index in [1.54, 1.807) is 0 Å². The van der Waals surface area contributed by atoms with Crippen LogP contribution in [0.1, 0.15) is 233 Å². The fourth-order valence-electron chi connectivity index (χ4n) is 6.24. The summed E-state index contributed by atoms with van der Waals surface area (Å²) in [5, 5.41) is 0. The molecule has 0 aliphatic heterocycles. The minimum Gasteiger partial charge on any atom is -0.462 e. The van der Waals surface area contributed by atoms with Gasteiger partial charge in [-0.25, -0.2) is 0 Å². The third kappa shape index (κ3) is 36.0. The Kier molecular flexibility index (Phi) is 36.4. The first-order chi connectivity index (χ1) is 23.9. The van der Waals surface area contributed by atoms with Crippen LogP contribution in [0, 0.1) is 5.92 Å². The molecular formula is C43H82O6. The Morgan fingerprint density at radius 3 is 1.06 bits per heavy atom. The van der Waals surface area contributed by atoms with E-state index in [4.69, 9.17) is 14.2 Å². The Balaban J connectivity index is 4.35. The van der Waals surface area contributed by atoms with Crippen molar-refractivity contribution < 1.29 is 28.6 Å². The molecule has 0 rings (SSSR count). The van der Waals surface area contributed by atoms with E-state index in [1.807, 2.05) is 0 Å². The van der Waals surface area contributed by atoms with E-state index in [9.17, 15) is 14.4 Å². The normalized spacial score (nSPS) is 12.5. The SMILES string of the molecule is CCCCCCCCCCCCCC(=O)OC[C@@H](COC(=O)CCCCCCCCC(C)CC)OC(=O)CCCCCCCCCCCC. The van der Waals surface area contributed by atoms with Crippen LogP contribution in [0.4, 0.5) is 0 Å². The molecule has 290 valence electrons. The van der Waals surface area contributed by atoms with Crippen LogP contribution in [-0.4, -0.2) is 37.2 Å². The van der Waals surface area contributed by atoms with Crippen molar-refractivity contribution >= 4 is 17.9 Å². The van der Waals surface area contributed by atoms with Gasteiger partial charge in [-0.1, -0.05) is 195 Å². The minimum absolute atomic E-state index is 0.0649. The van der Waals surface area contributed by atoms with E-state index in [1.165, 1.54) is 128 Å². The molecule has 49 heavy (non-hydrogen) atoms. The van der Waals surface area contributed by atoms with Crippen LogP contribution in [0.25, 0.3) is 0 Å². The summed E-state index contributed by atoms with van der Waals surface area (Å²) < 4.78 is 16.6. The molecule has 0 heterocycles. The van der Waals surface area contributed by atoms with Crippen molar-refractivity contribution in [1.29, 1.82) is 0 Å². The second-order valence-electron chi connectivity index (χ2n) is 14.9. The zero-order chi connectivity index (χ0) is 36.0. The number of ether oxygens (including phenoxy) is 3. The Labute approximate surface area is 304 Å². The van der Waals surface area contributed by atoms with Crippen molar-refractivity contribution in [2.45, 2.75) is 239 Å². The van der Waals surface area contributed by atoms with Gasteiger partial charge in [0.1, 0.15) is 13.2 Å². The van der Waals surface area contributed by atoms with Crippen molar-refractivity contribution in [3.05, 3.63) is 0 Å². The molecule has 0 aromatic heterocycles. The van der Waals surface area contributed by atoms with Gasteiger partial charge in [-0.2, -0.15) is 0 Å². The average Bonchev–Trinajstić information content (AvgIpc) is 3.10. The molecule has 0 radical (unpaired) electrons. The van der Waals surface area contributed by atoms with Crippen molar-refractivity contribution in [2.24, 2.45) is 5.92 Å². The third-order valence-corrected chi connectivity index (χ3v) is 9.90. The van der Waals surface area contributed by atoms with E-state index in [-0.39, 0.29) is 31.1 Å². The molecule has 0 fully saturated rings. The summed E-state index contributed by atoms with van der Waals surface area (Å²) >= 11 is 0. The fraction of sp³-hybridized carbons (Fsp3) is 0.930. The van der Waals surface area contributed by atoms with Crippen LogP contribution >= 0.6 is 0 Å². The lowest BCUT2D eigenvalue weighted by Gasteiger charge is -2.18. The standard InChI is InChI=1S/C43H82O6/c1-5-8-10-12-14-16-18-20-21-26-30-34-41(44)47-37-40(49-43(46)36-32-28-22-19-17-15-13-11-9-6-2)38-48-42(45)35-31-27-24-23-25-29-33-39(4)7-3/h39-40H,5-38H2,1-4H3/t39?,40-/m0/s1. The smallest absolute Gasteiger partial charge is 0.306 e. The molecule has 0 aliphatic rings. The van der Waals surface area contributed by atoms with E-state index < -0.39 is 6.10 Å². The number of rotatable bonds is 38. The lowest BCUT2D eigenvalue weighted by molar-refractivity contribution is -0.167. The van der Waals surface area contributed by atoms with Crippen LogP contribution in [0.5, 0.6) is 0 Å². The molecule has 1 unspecified atom stereocenters. The summed E-state index contributed by atoms with van der Waals surface area (Å²) in [6, 6.07) is 0. The summed E-state index contributed by atoms with van der Waals surface area (Å²) in [7, 11) is 0. The number of hydrogen-bond acceptors (Lipinski definition) is 6. The van der Waals surface area contributed by atoms with Gasteiger partial charge in [0.05, 0.1) is 0 Å². The first kappa shape index (κ1) is 47.4. The molecule has 0 spiro atoms. The summed E-state index contributed by atoms with van der Waals surface area (Å²) in [6.07, 6.45) is 35.1. The maximum Gasteiger partial charge on any atom is 0.306 e. The van der Waals surface area contributed by atoms with E-state index in [0.717, 1.165) is 63.7 Å². The number of unbranched alkanes of at least 4 members (excludes halogenated alkanes) is 24. The quantitative estimate of drug-likeness (QED) is 0.0364. The second-order valence-corrected chi connectivity index (χ2v) is 14.9. The molecule has 2 atom stereocenters. The molecular weight excluding hydrogens is 612 g/mol.